The van der Waals surface area contributed by atoms with Gasteiger partial charge in [0.15, 0.2) is 0 Å². The minimum Gasteiger partial charge on any atom is -0.506 e. The first-order valence-electron chi connectivity index (χ1n) is 5.26. The minimum atomic E-state index is -0.706. The summed E-state index contributed by atoms with van der Waals surface area (Å²) in [7, 11) is 0. The van der Waals surface area contributed by atoms with Crippen molar-refractivity contribution in [3.8, 4) is 5.75 Å². The van der Waals surface area contributed by atoms with Crippen LogP contribution in [0.1, 0.15) is 32.4 Å². The fourth-order valence-corrected chi connectivity index (χ4v) is 3.44. The number of benzene rings is 1. The average Bonchev–Trinajstić information content (AvgIpc) is 2.20. The van der Waals surface area contributed by atoms with Crippen molar-refractivity contribution in [2.75, 3.05) is 0 Å². The van der Waals surface area contributed by atoms with Crippen LogP contribution in [0.5, 0.6) is 5.75 Å². The van der Waals surface area contributed by atoms with Crippen molar-refractivity contribution in [1.82, 2.24) is 0 Å². The van der Waals surface area contributed by atoms with Crippen LogP contribution in [0, 0.1) is 12.6 Å². The molecule has 4 N–H and O–H groups in total. The van der Waals surface area contributed by atoms with E-state index in [1.165, 1.54) is 0 Å². The number of aliphatic hydroxyl groups excluding tert-OH is 1. The maximum absolute atomic E-state index is 10.2. The van der Waals surface area contributed by atoms with E-state index in [2.05, 4.69) is 45.2 Å². The van der Waals surface area contributed by atoms with E-state index in [-0.39, 0.29) is 11.2 Å². The van der Waals surface area contributed by atoms with Gasteiger partial charge in [-0.3, -0.25) is 0 Å². The molecule has 0 saturated carbocycles. The summed E-state index contributed by atoms with van der Waals surface area (Å²) in [5.41, 5.74) is 6.33. The van der Waals surface area contributed by atoms with Gasteiger partial charge in [-0.25, -0.2) is 0 Å². The molecule has 1 rings (SSSR count). The lowest BCUT2D eigenvalue weighted by Crippen LogP contribution is -2.37. The standard InChI is InChI=1S/C12H17I2NO2/c1-12(2,3)11(17)9(15)7-4-6(13)5-8(14)10(7)16/h4-5,9,11,16-17H,15H2,1-3H3/t9-,11-/m0/s1. The second-order valence-electron chi connectivity index (χ2n) is 5.16. The first kappa shape index (κ1) is 15.5. The number of phenolic OH excluding ortho intramolecular Hbond substituents is 1. The molecule has 1 aromatic carbocycles. The Hall–Kier alpha value is 0.400. The van der Waals surface area contributed by atoms with Crippen LogP contribution >= 0.6 is 45.2 Å². The van der Waals surface area contributed by atoms with Gasteiger partial charge < -0.3 is 15.9 Å². The highest BCUT2D eigenvalue weighted by molar-refractivity contribution is 14.1. The van der Waals surface area contributed by atoms with Gasteiger partial charge in [0.05, 0.1) is 15.7 Å². The lowest BCUT2D eigenvalue weighted by Gasteiger charge is -2.31. The number of rotatable bonds is 2. The maximum Gasteiger partial charge on any atom is 0.133 e. The third-order valence-corrected chi connectivity index (χ3v) is 4.09. The molecule has 0 radical (unpaired) electrons. The van der Waals surface area contributed by atoms with Crippen molar-refractivity contribution in [3.05, 3.63) is 24.8 Å². The normalized spacial score (nSPS) is 15.7. The summed E-state index contributed by atoms with van der Waals surface area (Å²) in [6.07, 6.45) is -0.706. The molecule has 0 bridgehead atoms. The van der Waals surface area contributed by atoms with E-state index < -0.39 is 12.1 Å². The second kappa shape index (κ2) is 5.58. The molecule has 3 nitrogen and oxygen atoms in total. The largest absolute Gasteiger partial charge is 0.506 e. The first-order valence-corrected chi connectivity index (χ1v) is 7.42. The van der Waals surface area contributed by atoms with E-state index in [9.17, 15) is 10.2 Å². The zero-order valence-electron chi connectivity index (χ0n) is 10.0. The van der Waals surface area contributed by atoms with Crippen LogP contribution in [0.15, 0.2) is 12.1 Å². The van der Waals surface area contributed by atoms with E-state index in [0.29, 0.717) is 5.56 Å². The molecular formula is C12H17I2NO2. The average molecular weight is 461 g/mol. The quantitative estimate of drug-likeness (QED) is 0.594. The smallest absolute Gasteiger partial charge is 0.133 e. The molecule has 0 amide bonds. The van der Waals surface area contributed by atoms with Crippen LogP contribution in [0.3, 0.4) is 0 Å². The zero-order valence-corrected chi connectivity index (χ0v) is 14.4. The van der Waals surface area contributed by atoms with E-state index in [1.54, 1.807) is 0 Å². The Morgan fingerprint density at radius 1 is 1.24 bits per heavy atom. The van der Waals surface area contributed by atoms with Crippen LogP contribution in [0.2, 0.25) is 0 Å². The Bertz CT molecular complexity index is 416. The second-order valence-corrected chi connectivity index (χ2v) is 7.57. The van der Waals surface area contributed by atoms with Crippen LogP contribution < -0.4 is 5.73 Å². The molecule has 2 atom stereocenters. The number of phenols is 1. The van der Waals surface area contributed by atoms with Gasteiger partial charge in [0, 0.05) is 9.13 Å². The highest BCUT2D eigenvalue weighted by atomic mass is 127. The van der Waals surface area contributed by atoms with Crippen molar-refractivity contribution in [2.24, 2.45) is 11.1 Å². The van der Waals surface area contributed by atoms with Crippen LogP contribution in [0.4, 0.5) is 0 Å². The van der Waals surface area contributed by atoms with Gasteiger partial charge in [0.1, 0.15) is 5.75 Å². The van der Waals surface area contributed by atoms with Gasteiger partial charge in [-0.05, 0) is 62.7 Å². The lowest BCUT2D eigenvalue weighted by atomic mass is 9.82. The molecule has 0 aromatic heterocycles. The molecule has 17 heavy (non-hydrogen) atoms. The Balaban J connectivity index is 3.17. The highest BCUT2D eigenvalue weighted by Gasteiger charge is 2.31. The summed E-state index contributed by atoms with van der Waals surface area (Å²) in [6.45, 7) is 5.77. The predicted molar refractivity (Wildman–Crippen MR) is 85.9 cm³/mol. The highest BCUT2D eigenvalue weighted by Crippen LogP contribution is 2.35. The molecular weight excluding hydrogens is 444 g/mol. The minimum absolute atomic E-state index is 0.168. The van der Waals surface area contributed by atoms with Gasteiger partial charge in [0.25, 0.3) is 0 Å². The first-order chi connectivity index (χ1) is 7.64. The fraction of sp³-hybridized carbons (Fsp3) is 0.500. The third-order valence-electron chi connectivity index (χ3n) is 2.64. The Morgan fingerprint density at radius 2 is 1.76 bits per heavy atom. The molecule has 0 fully saturated rings. The van der Waals surface area contributed by atoms with Crippen molar-refractivity contribution >= 4 is 45.2 Å². The van der Waals surface area contributed by atoms with E-state index in [1.807, 2.05) is 32.9 Å². The lowest BCUT2D eigenvalue weighted by molar-refractivity contribution is 0.0394. The van der Waals surface area contributed by atoms with E-state index in [4.69, 9.17) is 5.73 Å². The topological polar surface area (TPSA) is 66.5 Å². The van der Waals surface area contributed by atoms with Crippen molar-refractivity contribution in [2.45, 2.75) is 32.9 Å². The van der Waals surface area contributed by atoms with Crippen molar-refractivity contribution in [1.29, 1.82) is 0 Å². The Labute approximate surface area is 129 Å². The van der Waals surface area contributed by atoms with Gasteiger partial charge in [-0.1, -0.05) is 20.8 Å². The fourth-order valence-electron chi connectivity index (χ4n) is 1.55. The van der Waals surface area contributed by atoms with Crippen LogP contribution in [-0.4, -0.2) is 16.3 Å². The monoisotopic (exact) mass is 461 g/mol. The number of hydrogen-bond acceptors (Lipinski definition) is 3. The Kier molecular flexibility index (Phi) is 5.07. The number of aliphatic hydroxyl groups is 1. The molecule has 0 spiro atoms. The maximum atomic E-state index is 10.2. The number of halogens is 2. The SMILES string of the molecule is CC(C)(C)[C@@H](O)[C@@H](N)c1cc(I)cc(I)c1O. The number of hydrogen-bond donors (Lipinski definition) is 3. The molecule has 0 saturated heterocycles. The van der Waals surface area contributed by atoms with Crippen molar-refractivity contribution < 1.29 is 10.2 Å². The summed E-state index contributed by atoms with van der Waals surface area (Å²) in [6, 6.07) is 3.10. The van der Waals surface area contributed by atoms with Crippen molar-refractivity contribution in [3.63, 3.8) is 0 Å². The predicted octanol–water partition coefficient (Wildman–Crippen LogP) is 3.01. The van der Waals surface area contributed by atoms with Gasteiger partial charge in [-0.15, -0.1) is 0 Å². The van der Waals surface area contributed by atoms with E-state index in [0.717, 1.165) is 7.14 Å². The summed E-state index contributed by atoms with van der Waals surface area (Å²) >= 11 is 4.23. The molecule has 0 aliphatic rings. The molecule has 0 aliphatic carbocycles. The summed E-state index contributed by atoms with van der Waals surface area (Å²) in [5, 5.41) is 20.2. The summed E-state index contributed by atoms with van der Waals surface area (Å²) in [4.78, 5) is 0. The van der Waals surface area contributed by atoms with Crippen LogP contribution in [0.25, 0.3) is 0 Å². The molecule has 1 aromatic rings. The van der Waals surface area contributed by atoms with Gasteiger partial charge >= 0.3 is 0 Å². The molecule has 0 aliphatic heterocycles. The number of aromatic hydroxyl groups is 1. The number of nitrogens with two attached hydrogens (primary N) is 1. The van der Waals surface area contributed by atoms with Gasteiger partial charge in [0.2, 0.25) is 0 Å². The Morgan fingerprint density at radius 3 is 2.24 bits per heavy atom. The third kappa shape index (κ3) is 3.68. The molecule has 96 valence electrons. The molecule has 0 unspecified atom stereocenters. The summed E-state index contributed by atoms with van der Waals surface area (Å²) in [5.74, 6) is 0.168. The summed E-state index contributed by atoms with van der Waals surface area (Å²) < 4.78 is 1.75. The molecule has 5 heteroatoms. The zero-order chi connectivity index (χ0) is 13.4. The van der Waals surface area contributed by atoms with Crippen LogP contribution in [-0.2, 0) is 0 Å². The van der Waals surface area contributed by atoms with E-state index >= 15 is 0 Å². The molecule has 0 heterocycles. The van der Waals surface area contributed by atoms with Gasteiger partial charge in [-0.2, -0.15) is 0 Å².